The number of ether oxygens (including phenoxy) is 1. The van der Waals surface area contributed by atoms with Crippen molar-refractivity contribution in [2.24, 2.45) is 5.92 Å². The Hall–Kier alpha value is -0.500. The summed E-state index contributed by atoms with van der Waals surface area (Å²) in [6.07, 6.45) is 1.49. The molecule has 0 spiro atoms. The van der Waals surface area contributed by atoms with Crippen molar-refractivity contribution in [1.29, 1.82) is 0 Å². The standard InChI is InChI=1S/C9H16O2/c1-6(2)4-8-5-9(10)7(3)11-8/h6,8-10H,3-5H2,1-2H3. The molecule has 0 aliphatic carbocycles. The third kappa shape index (κ3) is 2.22. The summed E-state index contributed by atoms with van der Waals surface area (Å²) < 4.78 is 5.34. The van der Waals surface area contributed by atoms with Gasteiger partial charge in [0, 0.05) is 6.42 Å². The van der Waals surface area contributed by atoms with Crippen LogP contribution in [0.2, 0.25) is 0 Å². The molecule has 0 amide bonds. The molecule has 1 N–H and O–H groups in total. The van der Waals surface area contributed by atoms with Crippen LogP contribution in [0.5, 0.6) is 0 Å². The minimum absolute atomic E-state index is 0.192. The van der Waals surface area contributed by atoms with Crippen LogP contribution in [0.25, 0.3) is 0 Å². The fourth-order valence-electron chi connectivity index (χ4n) is 1.39. The molecular weight excluding hydrogens is 140 g/mol. The lowest BCUT2D eigenvalue weighted by Gasteiger charge is -2.11. The monoisotopic (exact) mass is 156 g/mol. The average molecular weight is 156 g/mol. The second kappa shape index (κ2) is 3.26. The van der Waals surface area contributed by atoms with E-state index >= 15 is 0 Å². The highest BCUT2D eigenvalue weighted by Crippen LogP contribution is 2.26. The van der Waals surface area contributed by atoms with Gasteiger partial charge in [0.25, 0.3) is 0 Å². The molecule has 1 saturated heterocycles. The molecule has 1 rings (SSSR count). The van der Waals surface area contributed by atoms with Gasteiger partial charge in [-0.25, -0.2) is 0 Å². The van der Waals surface area contributed by atoms with Crippen molar-refractivity contribution in [3.8, 4) is 0 Å². The highest BCUT2D eigenvalue weighted by atomic mass is 16.5. The zero-order chi connectivity index (χ0) is 8.43. The maximum absolute atomic E-state index is 9.26. The third-order valence-electron chi connectivity index (χ3n) is 1.91. The van der Waals surface area contributed by atoms with E-state index in [1.165, 1.54) is 0 Å². The Morgan fingerprint density at radius 3 is 2.73 bits per heavy atom. The first-order valence-electron chi connectivity index (χ1n) is 4.13. The van der Waals surface area contributed by atoms with E-state index in [2.05, 4.69) is 20.4 Å². The van der Waals surface area contributed by atoms with E-state index in [1.807, 2.05) is 0 Å². The van der Waals surface area contributed by atoms with Gasteiger partial charge in [-0.2, -0.15) is 0 Å². The number of rotatable bonds is 2. The van der Waals surface area contributed by atoms with E-state index in [-0.39, 0.29) is 6.10 Å². The molecule has 64 valence electrons. The summed E-state index contributed by atoms with van der Waals surface area (Å²) in [4.78, 5) is 0. The molecular formula is C9H16O2. The van der Waals surface area contributed by atoms with Crippen LogP contribution in [0.3, 0.4) is 0 Å². The molecule has 2 unspecified atom stereocenters. The molecule has 2 atom stereocenters. The van der Waals surface area contributed by atoms with Crippen LogP contribution < -0.4 is 0 Å². The quantitative estimate of drug-likeness (QED) is 0.659. The number of aliphatic hydroxyl groups is 1. The summed E-state index contributed by atoms with van der Waals surface area (Å²) in [6.45, 7) is 7.92. The van der Waals surface area contributed by atoms with Gasteiger partial charge >= 0.3 is 0 Å². The lowest BCUT2D eigenvalue weighted by Crippen LogP contribution is -2.09. The predicted molar refractivity (Wildman–Crippen MR) is 44.1 cm³/mol. The smallest absolute Gasteiger partial charge is 0.118 e. The van der Waals surface area contributed by atoms with Gasteiger partial charge in [0.15, 0.2) is 0 Å². The minimum Gasteiger partial charge on any atom is -0.493 e. The van der Waals surface area contributed by atoms with E-state index in [0.717, 1.165) is 12.8 Å². The molecule has 11 heavy (non-hydrogen) atoms. The lowest BCUT2D eigenvalue weighted by molar-refractivity contribution is 0.136. The molecule has 0 radical (unpaired) electrons. The first-order valence-corrected chi connectivity index (χ1v) is 4.13. The highest BCUT2D eigenvalue weighted by molar-refractivity contribution is 4.99. The Morgan fingerprint density at radius 1 is 1.73 bits per heavy atom. The van der Waals surface area contributed by atoms with Crippen molar-refractivity contribution in [1.82, 2.24) is 0 Å². The maximum Gasteiger partial charge on any atom is 0.118 e. The zero-order valence-electron chi connectivity index (χ0n) is 7.21. The summed E-state index contributed by atoms with van der Waals surface area (Å²) in [5.41, 5.74) is 0. The zero-order valence-corrected chi connectivity index (χ0v) is 7.21. The SMILES string of the molecule is C=C1OC(CC(C)C)CC1O. The first kappa shape index (κ1) is 8.60. The molecule has 0 saturated carbocycles. The van der Waals surface area contributed by atoms with Gasteiger partial charge in [0.1, 0.15) is 18.0 Å². The first-order chi connectivity index (χ1) is 5.09. The Morgan fingerprint density at radius 2 is 2.36 bits per heavy atom. The summed E-state index contributed by atoms with van der Waals surface area (Å²) in [7, 11) is 0. The lowest BCUT2D eigenvalue weighted by atomic mass is 10.0. The van der Waals surface area contributed by atoms with Gasteiger partial charge in [-0.15, -0.1) is 0 Å². The largest absolute Gasteiger partial charge is 0.493 e. The van der Waals surface area contributed by atoms with E-state index in [1.54, 1.807) is 0 Å². The maximum atomic E-state index is 9.26. The van der Waals surface area contributed by atoms with Gasteiger partial charge in [0.05, 0.1) is 0 Å². The van der Waals surface area contributed by atoms with Crippen molar-refractivity contribution >= 4 is 0 Å². The number of hydrogen-bond acceptors (Lipinski definition) is 2. The molecule has 0 aromatic heterocycles. The second-order valence-corrected chi connectivity index (χ2v) is 3.59. The third-order valence-corrected chi connectivity index (χ3v) is 1.91. The number of aliphatic hydroxyl groups excluding tert-OH is 1. The summed E-state index contributed by atoms with van der Waals surface area (Å²) in [6, 6.07) is 0. The van der Waals surface area contributed by atoms with Gasteiger partial charge in [-0.1, -0.05) is 20.4 Å². The molecule has 0 bridgehead atoms. The van der Waals surface area contributed by atoms with Gasteiger partial charge < -0.3 is 9.84 Å². The molecule has 1 fully saturated rings. The van der Waals surface area contributed by atoms with Gasteiger partial charge in [0.2, 0.25) is 0 Å². The summed E-state index contributed by atoms with van der Waals surface area (Å²) in [5.74, 6) is 1.16. The van der Waals surface area contributed by atoms with Crippen molar-refractivity contribution in [3.63, 3.8) is 0 Å². The molecule has 0 aromatic carbocycles. The molecule has 1 heterocycles. The van der Waals surface area contributed by atoms with Crippen molar-refractivity contribution in [2.75, 3.05) is 0 Å². The van der Waals surface area contributed by atoms with E-state index in [0.29, 0.717) is 11.7 Å². The predicted octanol–water partition coefficient (Wildman–Crippen LogP) is 1.70. The van der Waals surface area contributed by atoms with Crippen LogP contribution in [0, 0.1) is 5.92 Å². The summed E-state index contributed by atoms with van der Waals surface area (Å²) >= 11 is 0. The Balaban J connectivity index is 2.35. The molecule has 0 aromatic rings. The van der Waals surface area contributed by atoms with Crippen LogP contribution in [0.4, 0.5) is 0 Å². The van der Waals surface area contributed by atoms with Gasteiger partial charge in [-0.3, -0.25) is 0 Å². The Bertz CT molecular complexity index is 152. The Kier molecular flexibility index (Phi) is 2.55. The van der Waals surface area contributed by atoms with Crippen LogP contribution in [0.1, 0.15) is 26.7 Å². The van der Waals surface area contributed by atoms with Crippen molar-refractivity contribution < 1.29 is 9.84 Å². The van der Waals surface area contributed by atoms with Gasteiger partial charge in [-0.05, 0) is 12.3 Å². The van der Waals surface area contributed by atoms with E-state index in [4.69, 9.17) is 4.74 Å². The molecule has 1 aliphatic rings. The normalized spacial score (nSPS) is 31.1. The van der Waals surface area contributed by atoms with Crippen LogP contribution >= 0.6 is 0 Å². The molecule has 2 heteroatoms. The fourth-order valence-corrected chi connectivity index (χ4v) is 1.39. The molecule has 2 nitrogen and oxygen atoms in total. The average Bonchev–Trinajstić information content (AvgIpc) is 2.10. The number of hydrogen-bond donors (Lipinski definition) is 1. The Labute approximate surface area is 67.9 Å². The van der Waals surface area contributed by atoms with Crippen molar-refractivity contribution in [3.05, 3.63) is 12.3 Å². The highest BCUT2D eigenvalue weighted by Gasteiger charge is 2.27. The van der Waals surface area contributed by atoms with Crippen LogP contribution in [0.15, 0.2) is 12.3 Å². The summed E-state index contributed by atoms with van der Waals surface area (Å²) in [5, 5.41) is 9.26. The van der Waals surface area contributed by atoms with Crippen molar-refractivity contribution in [2.45, 2.75) is 38.9 Å². The molecule has 1 aliphatic heterocycles. The topological polar surface area (TPSA) is 29.5 Å². The second-order valence-electron chi connectivity index (χ2n) is 3.59. The van der Waals surface area contributed by atoms with E-state index < -0.39 is 6.10 Å². The van der Waals surface area contributed by atoms with E-state index in [9.17, 15) is 5.11 Å². The van der Waals surface area contributed by atoms with Crippen LogP contribution in [-0.4, -0.2) is 17.3 Å². The minimum atomic E-state index is -0.432. The van der Waals surface area contributed by atoms with Crippen LogP contribution in [-0.2, 0) is 4.74 Å². The fraction of sp³-hybridized carbons (Fsp3) is 0.778.